The van der Waals surface area contributed by atoms with Crippen LogP contribution in [0.1, 0.15) is 0 Å². The molecule has 1 aliphatic heterocycles. The molecule has 7 aromatic carbocycles. The van der Waals surface area contributed by atoms with Gasteiger partial charge >= 0.3 is 0 Å². The lowest BCUT2D eigenvalue weighted by Gasteiger charge is -2.23. The highest BCUT2D eigenvalue weighted by molar-refractivity contribution is 6.05. The number of fused-ring (bicyclic) bond motifs is 2. The fourth-order valence-electron chi connectivity index (χ4n) is 6.58. The van der Waals surface area contributed by atoms with Crippen LogP contribution in [0.2, 0.25) is 0 Å². The lowest BCUT2D eigenvalue weighted by Crippen LogP contribution is -1.99. The van der Waals surface area contributed by atoms with Crippen molar-refractivity contribution in [1.29, 1.82) is 0 Å². The highest BCUT2D eigenvalue weighted by atomic mass is 16.5. The molecule has 0 saturated heterocycles. The number of hydrogen-bond donors (Lipinski definition) is 0. The van der Waals surface area contributed by atoms with Crippen molar-refractivity contribution in [1.82, 2.24) is 9.97 Å². The zero-order valence-electron chi connectivity index (χ0n) is 25.5. The minimum Gasteiger partial charge on any atom is -0.455 e. The van der Waals surface area contributed by atoms with Crippen LogP contribution in [0.15, 0.2) is 170 Å². The smallest absolute Gasteiger partial charge is 0.160 e. The largest absolute Gasteiger partial charge is 0.455 e. The second kappa shape index (κ2) is 11.2. The van der Waals surface area contributed by atoms with Crippen LogP contribution in [0.5, 0.6) is 11.5 Å². The topological polar surface area (TPSA) is 35.0 Å². The monoisotopic (exact) mass is 600 g/mol. The van der Waals surface area contributed by atoms with Crippen LogP contribution in [-0.2, 0) is 0 Å². The van der Waals surface area contributed by atoms with Gasteiger partial charge in [0.15, 0.2) is 5.82 Å². The predicted octanol–water partition coefficient (Wildman–Crippen LogP) is 11.7. The molecular weight excluding hydrogens is 572 g/mol. The van der Waals surface area contributed by atoms with E-state index in [2.05, 4.69) is 146 Å². The quantitative estimate of drug-likeness (QED) is 0.197. The molecule has 0 radical (unpaired) electrons. The number of ether oxygens (including phenoxy) is 1. The maximum atomic E-state index is 6.60. The normalized spacial score (nSPS) is 11.6. The fraction of sp³-hybridized carbons (Fsp3) is 0. The molecule has 2 heterocycles. The molecule has 0 atom stereocenters. The summed E-state index contributed by atoms with van der Waals surface area (Å²) in [5.41, 5.74) is 11.6. The van der Waals surface area contributed by atoms with Crippen molar-refractivity contribution < 1.29 is 4.74 Å². The molecule has 3 heteroatoms. The van der Waals surface area contributed by atoms with Crippen molar-refractivity contribution in [2.24, 2.45) is 0 Å². The van der Waals surface area contributed by atoms with Crippen LogP contribution < -0.4 is 4.74 Å². The summed E-state index contributed by atoms with van der Waals surface area (Å²) in [4.78, 5) is 10.1. The molecule has 0 amide bonds. The first-order chi connectivity index (χ1) is 23.3. The molecule has 1 aromatic heterocycles. The Labute approximate surface area is 273 Å². The Morgan fingerprint density at radius 2 is 0.936 bits per heavy atom. The summed E-state index contributed by atoms with van der Waals surface area (Å²) in [6.45, 7) is 0. The lowest BCUT2D eigenvalue weighted by atomic mass is 9.91. The summed E-state index contributed by atoms with van der Waals surface area (Å²) in [5, 5.41) is 2.35. The lowest BCUT2D eigenvalue weighted by molar-refractivity contribution is 0.489. The summed E-state index contributed by atoms with van der Waals surface area (Å²) in [6.07, 6.45) is 0. The third kappa shape index (κ3) is 4.86. The van der Waals surface area contributed by atoms with Crippen LogP contribution in [0.25, 0.3) is 78.1 Å². The Kier molecular flexibility index (Phi) is 6.46. The summed E-state index contributed by atoms with van der Waals surface area (Å²) in [5.74, 6) is 2.49. The zero-order valence-corrected chi connectivity index (χ0v) is 25.5. The van der Waals surface area contributed by atoms with Crippen molar-refractivity contribution in [3.05, 3.63) is 170 Å². The van der Waals surface area contributed by atoms with Gasteiger partial charge in [-0.05, 0) is 45.8 Å². The van der Waals surface area contributed by atoms with E-state index in [1.807, 2.05) is 24.3 Å². The molecule has 8 aromatic rings. The first kappa shape index (κ1) is 27.0. The van der Waals surface area contributed by atoms with Crippen molar-refractivity contribution >= 4 is 10.8 Å². The van der Waals surface area contributed by atoms with Crippen LogP contribution in [0.3, 0.4) is 0 Å². The fourth-order valence-corrected chi connectivity index (χ4v) is 6.58. The van der Waals surface area contributed by atoms with E-state index in [0.717, 1.165) is 67.2 Å². The van der Waals surface area contributed by atoms with E-state index in [1.165, 1.54) is 16.5 Å². The van der Waals surface area contributed by atoms with Gasteiger partial charge < -0.3 is 4.74 Å². The molecule has 9 rings (SSSR count). The molecule has 0 unspecified atom stereocenters. The molecule has 0 saturated carbocycles. The Balaban J connectivity index is 1.13. The van der Waals surface area contributed by atoms with Crippen molar-refractivity contribution in [2.75, 3.05) is 0 Å². The van der Waals surface area contributed by atoms with E-state index < -0.39 is 0 Å². The van der Waals surface area contributed by atoms with Crippen LogP contribution in [0.4, 0.5) is 0 Å². The average molecular weight is 601 g/mol. The van der Waals surface area contributed by atoms with E-state index in [9.17, 15) is 0 Å². The standard InChI is InChI=1S/C44H28N2O/c1-3-11-29(12-4-1)34-17-7-18-35(27-34)40-28-39(45-44(46-40)33-13-5-2-6-14-33)31-25-23-30(24-26-31)36-19-10-21-38-37-20-8-15-32-16-9-22-41(42(32)37)47-43(36)38/h1-28H. The molecular formula is C44H28N2O. The highest BCUT2D eigenvalue weighted by Crippen LogP contribution is 2.50. The molecule has 0 aliphatic carbocycles. The van der Waals surface area contributed by atoms with Gasteiger partial charge in [-0.2, -0.15) is 0 Å². The zero-order chi connectivity index (χ0) is 31.2. The number of nitrogens with zero attached hydrogens (tertiary/aromatic N) is 2. The summed E-state index contributed by atoms with van der Waals surface area (Å²) >= 11 is 0. The first-order valence-electron chi connectivity index (χ1n) is 15.8. The van der Waals surface area contributed by atoms with Gasteiger partial charge in [0.2, 0.25) is 0 Å². The Hall–Kier alpha value is -6.32. The van der Waals surface area contributed by atoms with E-state index >= 15 is 0 Å². The molecule has 0 spiro atoms. The Morgan fingerprint density at radius 1 is 0.362 bits per heavy atom. The van der Waals surface area contributed by atoms with Gasteiger partial charge in [-0.15, -0.1) is 0 Å². The van der Waals surface area contributed by atoms with E-state index in [4.69, 9.17) is 14.7 Å². The highest BCUT2D eigenvalue weighted by Gasteiger charge is 2.23. The predicted molar refractivity (Wildman–Crippen MR) is 192 cm³/mol. The van der Waals surface area contributed by atoms with Gasteiger partial charge in [-0.3, -0.25) is 0 Å². The van der Waals surface area contributed by atoms with Gasteiger partial charge in [0, 0.05) is 33.2 Å². The van der Waals surface area contributed by atoms with Crippen LogP contribution in [0, 0.1) is 0 Å². The average Bonchev–Trinajstić information content (AvgIpc) is 3.15. The van der Waals surface area contributed by atoms with Gasteiger partial charge in [-0.1, -0.05) is 152 Å². The van der Waals surface area contributed by atoms with Gasteiger partial charge in [0.25, 0.3) is 0 Å². The van der Waals surface area contributed by atoms with Crippen molar-refractivity contribution in [2.45, 2.75) is 0 Å². The minimum atomic E-state index is 0.700. The van der Waals surface area contributed by atoms with E-state index in [-0.39, 0.29) is 0 Å². The molecule has 0 bridgehead atoms. The Morgan fingerprint density at radius 3 is 1.72 bits per heavy atom. The second-order valence-electron chi connectivity index (χ2n) is 11.8. The van der Waals surface area contributed by atoms with E-state index in [1.54, 1.807) is 0 Å². The van der Waals surface area contributed by atoms with Crippen molar-refractivity contribution in [3.8, 4) is 78.8 Å². The third-order valence-electron chi connectivity index (χ3n) is 8.90. The second-order valence-corrected chi connectivity index (χ2v) is 11.8. The summed E-state index contributed by atoms with van der Waals surface area (Å²) in [6, 6.07) is 59.0. The molecule has 220 valence electrons. The maximum Gasteiger partial charge on any atom is 0.160 e. The van der Waals surface area contributed by atoms with E-state index in [0.29, 0.717) is 5.82 Å². The van der Waals surface area contributed by atoms with Gasteiger partial charge in [-0.25, -0.2) is 9.97 Å². The number of hydrogen-bond acceptors (Lipinski definition) is 3. The molecule has 0 N–H and O–H groups in total. The maximum absolute atomic E-state index is 6.60. The van der Waals surface area contributed by atoms with Gasteiger partial charge in [0.1, 0.15) is 11.5 Å². The molecule has 0 fully saturated rings. The van der Waals surface area contributed by atoms with Gasteiger partial charge in [0.05, 0.1) is 11.4 Å². The number of benzene rings is 7. The molecule has 3 nitrogen and oxygen atoms in total. The van der Waals surface area contributed by atoms with Crippen LogP contribution >= 0.6 is 0 Å². The summed E-state index contributed by atoms with van der Waals surface area (Å²) < 4.78 is 6.60. The number of para-hydroxylation sites is 1. The number of aromatic nitrogens is 2. The number of rotatable bonds is 5. The SMILES string of the molecule is c1ccc(-c2cccc(-c3cc(-c4ccc(-c5cccc6c5Oc5cccc7cccc-6c57)cc4)nc(-c4ccccc4)n3)c2)cc1. The third-order valence-corrected chi connectivity index (χ3v) is 8.90. The first-order valence-corrected chi connectivity index (χ1v) is 15.8. The Bertz CT molecular complexity index is 2410. The molecule has 47 heavy (non-hydrogen) atoms. The summed E-state index contributed by atoms with van der Waals surface area (Å²) in [7, 11) is 0. The van der Waals surface area contributed by atoms with Crippen LogP contribution in [-0.4, -0.2) is 9.97 Å². The molecule has 1 aliphatic rings. The van der Waals surface area contributed by atoms with Crippen molar-refractivity contribution in [3.63, 3.8) is 0 Å². The minimum absolute atomic E-state index is 0.700.